The van der Waals surface area contributed by atoms with Crippen molar-refractivity contribution in [3.05, 3.63) is 0 Å². The van der Waals surface area contributed by atoms with Crippen molar-refractivity contribution < 1.29 is 4.43 Å². The Hall–Kier alpha value is 0.0969. The first-order chi connectivity index (χ1) is 7.14. The summed E-state index contributed by atoms with van der Waals surface area (Å²) in [5.41, 5.74) is 0. The molecule has 0 aromatic carbocycles. The van der Waals surface area contributed by atoms with Crippen LogP contribution in [0.15, 0.2) is 0 Å². The second-order valence-corrected chi connectivity index (χ2v) is 9.20. The van der Waals surface area contributed by atoms with Gasteiger partial charge in [0, 0.05) is 32.8 Å². The fourth-order valence-electron chi connectivity index (χ4n) is 2.13. The van der Waals surface area contributed by atoms with Gasteiger partial charge in [-0.05, 0) is 39.0 Å². The van der Waals surface area contributed by atoms with Crippen molar-refractivity contribution in [2.45, 2.75) is 32.5 Å². The number of hydrogen-bond donors (Lipinski definition) is 1. The molecular weight excluding hydrogens is 204 g/mol. The molecule has 0 spiro atoms. The zero-order valence-corrected chi connectivity index (χ0v) is 11.5. The minimum Gasteiger partial charge on any atom is -0.418 e. The number of nitrogens with one attached hydrogen (secondary N) is 1. The van der Waals surface area contributed by atoms with Crippen molar-refractivity contribution in [3.8, 4) is 0 Å². The smallest absolute Gasteiger partial charge is 0.186 e. The Morgan fingerprint density at radius 3 is 2.53 bits per heavy atom. The van der Waals surface area contributed by atoms with Gasteiger partial charge in [0.05, 0.1) is 0 Å². The van der Waals surface area contributed by atoms with Crippen molar-refractivity contribution in [1.29, 1.82) is 0 Å². The Balaban J connectivity index is 2.09. The van der Waals surface area contributed by atoms with Gasteiger partial charge in [-0.3, -0.25) is 0 Å². The van der Waals surface area contributed by atoms with Gasteiger partial charge in [0.1, 0.15) is 0 Å². The fourth-order valence-corrected chi connectivity index (χ4v) is 4.06. The molecule has 1 rings (SSSR count). The maximum absolute atomic E-state index is 5.83. The molecule has 1 aliphatic rings. The molecule has 1 saturated heterocycles. The van der Waals surface area contributed by atoms with E-state index in [4.69, 9.17) is 4.43 Å². The molecule has 4 heteroatoms. The molecule has 1 heterocycles. The molecule has 0 aromatic rings. The molecule has 1 aliphatic heterocycles. The van der Waals surface area contributed by atoms with Crippen LogP contribution in [0.1, 0.15) is 13.3 Å². The quantitative estimate of drug-likeness (QED) is 0.700. The molecule has 0 amide bonds. The summed E-state index contributed by atoms with van der Waals surface area (Å²) in [6.07, 6.45) is 1.30. The summed E-state index contributed by atoms with van der Waals surface area (Å²) in [6, 6.07) is 1.30. The van der Waals surface area contributed by atoms with Gasteiger partial charge in [-0.15, -0.1) is 0 Å². The highest BCUT2D eigenvalue weighted by Gasteiger charge is 2.21. The van der Waals surface area contributed by atoms with Gasteiger partial charge >= 0.3 is 0 Å². The molecule has 0 radical (unpaired) electrons. The van der Waals surface area contributed by atoms with E-state index in [1.165, 1.54) is 32.1 Å². The Morgan fingerprint density at radius 2 is 1.93 bits per heavy atom. The van der Waals surface area contributed by atoms with Gasteiger partial charge in [-0.1, -0.05) is 0 Å². The molecular formula is C11H26N2OSi. The van der Waals surface area contributed by atoms with Crippen LogP contribution >= 0.6 is 0 Å². The largest absolute Gasteiger partial charge is 0.418 e. The van der Waals surface area contributed by atoms with Crippen molar-refractivity contribution in [1.82, 2.24) is 10.2 Å². The normalized spacial score (nSPS) is 19.4. The first-order valence-corrected chi connectivity index (χ1v) is 9.32. The van der Waals surface area contributed by atoms with Gasteiger partial charge in [0.15, 0.2) is 8.32 Å². The summed E-state index contributed by atoms with van der Waals surface area (Å²) in [7, 11) is -1.33. The molecule has 90 valence electrons. The molecule has 0 aliphatic carbocycles. The van der Waals surface area contributed by atoms with Gasteiger partial charge in [0.2, 0.25) is 0 Å². The van der Waals surface area contributed by atoms with E-state index in [0.717, 1.165) is 19.7 Å². The van der Waals surface area contributed by atoms with Gasteiger partial charge in [-0.25, -0.2) is 0 Å². The van der Waals surface area contributed by atoms with Crippen LogP contribution in [0.25, 0.3) is 0 Å². The lowest BCUT2D eigenvalue weighted by atomic mass is 10.3. The lowest BCUT2D eigenvalue weighted by Gasteiger charge is -2.28. The van der Waals surface area contributed by atoms with E-state index in [2.05, 4.69) is 30.2 Å². The van der Waals surface area contributed by atoms with E-state index < -0.39 is 8.32 Å². The minimum atomic E-state index is -1.33. The average molecular weight is 230 g/mol. The third-order valence-corrected chi connectivity index (χ3v) is 5.63. The highest BCUT2D eigenvalue weighted by atomic mass is 28.4. The maximum Gasteiger partial charge on any atom is 0.186 e. The van der Waals surface area contributed by atoms with E-state index in [1.807, 2.05) is 0 Å². The van der Waals surface area contributed by atoms with Crippen LogP contribution in [0.3, 0.4) is 0 Å². The summed E-state index contributed by atoms with van der Waals surface area (Å²) in [4.78, 5) is 2.56. The minimum absolute atomic E-state index is 0.882. The van der Waals surface area contributed by atoms with E-state index >= 15 is 0 Å². The van der Waals surface area contributed by atoms with Crippen molar-refractivity contribution in [2.24, 2.45) is 0 Å². The number of rotatable bonds is 6. The topological polar surface area (TPSA) is 24.5 Å². The van der Waals surface area contributed by atoms with E-state index in [1.54, 1.807) is 0 Å². The highest BCUT2D eigenvalue weighted by molar-refractivity contribution is 6.71. The third kappa shape index (κ3) is 5.66. The third-order valence-electron chi connectivity index (χ3n) is 3.00. The average Bonchev–Trinajstić information content (AvgIpc) is 2.19. The van der Waals surface area contributed by atoms with Crippen LogP contribution < -0.4 is 5.32 Å². The summed E-state index contributed by atoms with van der Waals surface area (Å²) in [5, 5.41) is 3.38. The number of hydrogen-bond acceptors (Lipinski definition) is 3. The summed E-state index contributed by atoms with van der Waals surface area (Å²) in [6.45, 7) is 13.7. The standard InChI is InChI=1S/C11H26N2OSi/c1-4-14-15(2,3)11-5-8-13-9-6-12-7-10-13/h12H,4-11H2,1-3H3. The Bertz CT molecular complexity index is 170. The summed E-state index contributed by atoms with van der Waals surface area (Å²) < 4.78 is 5.83. The second kappa shape index (κ2) is 6.63. The summed E-state index contributed by atoms with van der Waals surface area (Å²) in [5.74, 6) is 0. The monoisotopic (exact) mass is 230 g/mol. The first kappa shape index (κ1) is 13.2. The SMILES string of the molecule is CCO[Si](C)(C)CCCN1CCNCC1. The van der Waals surface area contributed by atoms with Gasteiger partial charge in [0.25, 0.3) is 0 Å². The molecule has 0 bridgehead atoms. The first-order valence-electron chi connectivity index (χ1n) is 6.21. The molecule has 1 fully saturated rings. The molecule has 0 unspecified atom stereocenters. The fraction of sp³-hybridized carbons (Fsp3) is 1.00. The summed E-state index contributed by atoms with van der Waals surface area (Å²) >= 11 is 0. The van der Waals surface area contributed by atoms with E-state index in [-0.39, 0.29) is 0 Å². The lowest BCUT2D eigenvalue weighted by Crippen LogP contribution is -2.44. The van der Waals surface area contributed by atoms with Crippen LogP contribution in [-0.2, 0) is 4.43 Å². The Labute approximate surface area is 95.3 Å². The predicted octanol–water partition coefficient (Wildman–Crippen LogP) is 1.52. The second-order valence-electron chi connectivity index (χ2n) is 4.89. The van der Waals surface area contributed by atoms with E-state index in [9.17, 15) is 0 Å². The molecule has 0 saturated carbocycles. The van der Waals surface area contributed by atoms with Crippen molar-refractivity contribution in [2.75, 3.05) is 39.3 Å². The predicted molar refractivity (Wildman–Crippen MR) is 67.8 cm³/mol. The zero-order chi connectivity index (χ0) is 11.1. The van der Waals surface area contributed by atoms with Gasteiger partial charge < -0.3 is 14.6 Å². The van der Waals surface area contributed by atoms with E-state index in [0.29, 0.717) is 0 Å². The molecule has 3 nitrogen and oxygen atoms in total. The number of nitrogens with zero attached hydrogens (tertiary/aromatic N) is 1. The van der Waals surface area contributed by atoms with Gasteiger partial charge in [-0.2, -0.15) is 0 Å². The van der Waals surface area contributed by atoms with Crippen LogP contribution in [0.2, 0.25) is 19.1 Å². The van der Waals surface area contributed by atoms with Crippen molar-refractivity contribution >= 4 is 8.32 Å². The molecule has 0 aromatic heterocycles. The van der Waals surface area contributed by atoms with Crippen LogP contribution in [0, 0.1) is 0 Å². The number of piperazine rings is 1. The van der Waals surface area contributed by atoms with Crippen LogP contribution in [0.5, 0.6) is 0 Å². The Morgan fingerprint density at radius 1 is 1.27 bits per heavy atom. The highest BCUT2D eigenvalue weighted by Crippen LogP contribution is 2.14. The van der Waals surface area contributed by atoms with Crippen LogP contribution in [-0.4, -0.2) is 52.5 Å². The van der Waals surface area contributed by atoms with Crippen LogP contribution in [0.4, 0.5) is 0 Å². The zero-order valence-electron chi connectivity index (χ0n) is 10.5. The van der Waals surface area contributed by atoms with Crippen molar-refractivity contribution in [3.63, 3.8) is 0 Å². The lowest BCUT2D eigenvalue weighted by molar-refractivity contribution is 0.239. The Kier molecular flexibility index (Phi) is 5.82. The molecule has 15 heavy (non-hydrogen) atoms. The maximum atomic E-state index is 5.83. The molecule has 1 N–H and O–H groups in total. The molecule has 0 atom stereocenters.